The van der Waals surface area contributed by atoms with Crippen LogP contribution in [0, 0.1) is 5.92 Å². The van der Waals surface area contributed by atoms with Gasteiger partial charge in [0.15, 0.2) is 0 Å². The molecule has 3 heterocycles. The first-order chi connectivity index (χ1) is 23.1. The highest BCUT2D eigenvalue weighted by Crippen LogP contribution is 2.46. The van der Waals surface area contributed by atoms with Gasteiger partial charge < -0.3 is 25.0 Å². The number of ether oxygens (including phenoxy) is 2. The Labute approximate surface area is 294 Å². The SMILES string of the molecule is CC(C)(C)OC(=O)N[C@H]1CCCCCC=C[C@@H]2C[C@@]2(C(=O)NS(=O)(=O)C2CC2)NC(=O)[C@@H]2C[C@@H](Oc3nc4ccc(Cl)cc4s3)CN2C1=O. The molecule has 16 heteroatoms. The molecule has 49 heavy (non-hydrogen) atoms. The summed E-state index contributed by atoms with van der Waals surface area (Å²) < 4.78 is 40.2. The van der Waals surface area contributed by atoms with Crippen LogP contribution in [0.5, 0.6) is 5.19 Å². The molecular weight excluding hydrogens is 694 g/mol. The minimum Gasteiger partial charge on any atom is -0.465 e. The number of benzene rings is 1. The van der Waals surface area contributed by atoms with E-state index in [0.717, 1.165) is 17.5 Å². The molecule has 1 saturated heterocycles. The summed E-state index contributed by atoms with van der Waals surface area (Å²) in [7, 11) is -3.87. The number of hydrogen-bond donors (Lipinski definition) is 3. The Kier molecular flexibility index (Phi) is 9.90. The molecule has 3 fully saturated rings. The summed E-state index contributed by atoms with van der Waals surface area (Å²) in [5.41, 5.74) is -1.59. The molecule has 1 aromatic carbocycles. The molecule has 0 unspecified atom stereocenters. The summed E-state index contributed by atoms with van der Waals surface area (Å²) in [6.07, 6.45) is 6.89. The van der Waals surface area contributed by atoms with Crippen molar-refractivity contribution in [3.8, 4) is 5.19 Å². The van der Waals surface area contributed by atoms with Crippen LogP contribution >= 0.6 is 22.9 Å². The van der Waals surface area contributed by atoms with Gasteiger partial charge in [0.1, 0.15) is 29.3 Å². The Morgan fingerprint density at radius 1 is 1.14 bits per heavy atom. The van der Waals surface area contributed by atoms with Crippen molar-refractivity contribution in [3.63, 3.8) is 0 Å². The van der Waals surface area contributed by atoms with Crippen molar-refractivity contribution in [3.05, 3.63) is 35.4 Å². The first kappa shape index (κ1) is 35.4. The number of carbonyl (C=O) groups is 4. The maximum atomic E-state index is 14.3. The molecule has 0 bridgehead atoms. The number of sulfonamides is 1. The number of nitrogens with one attached hydrogen (secondary N) is 3. The highest BCUT2D eigenvalue weighted by atomic mass is 35.5. The highest BCUT2D eigenvalue weighted by molar-refractivity contribution is 7.91. The Balaban J connectivity index is 1.28. The van der Waals surface area contributed by atoms with Crippen LogP contribution in [0.2, 0.25) is 5.02 Å². The molecule has 2 saturated carbocycles. The van der Waals surface area contributed by atoms with Gasteiger partial charge in [-0.05, 0) is 77.5 Å². The van der Waals surface area contributed by atoms with Gasteiger partial charge in [0.25, 0.3) is 11.1 Å². The first-order valence-electron chi connectivity index (χ1n) is 16.7. The monoisotopic (exact) mass is 735 g/mol. The Hall–Kier alpha value is -3.43. The predicted molar refractivity (Wildman–Crippen MR) is 184 cm³/mol. The average molecular weight is 736 g/mol. The summed E-state index contributed by atoms with van der Waals surface area (Å²) in [5, 5.41) is 5.86. The quantitative estimate of drug-likeness (QED) is 0.368. The zero-order valence-electron chi connectivity index (χ0n) is 27.7. The Morgan fingerprint density at radius 2 is 1.92 bits per heavy atom. The van der Waals surface area contributed by atoms with Gasteiger partial charge in [-0.15, -0.1) is 0 Å². The first-order valence-corrected chi connectivity index (χ1v) is 19.4. The van der Waals surface area contributed by atoms with Crippen LogP contribution in [0.1, 0.15) is 78.6 Å². The molecular formula is C33H42ClN5O8S2. The van der Waals surface area contributed by atoms with Crippen LogP contribution in [0.3, 0.4) is 0 Å². The van der Waals surface area contributed by atoms with E-state index in [1.807, 2.05) is 12.2 Å². The minimum absolute atomic E-state index is 0.0126. The van der Waals surface area contributed by atoms with Gasteiger partial charge in [0.2, 0.25) is 21.8 Å². The van der Waals surface area contributed by atoms with Crippen LogP contribution < -0.4 is 20.1 Å². The van der Waals surface area contributed by atoms with E-state index in [1.165, 1.54) is 16.2 Å². The molecule has 13 nitrogen and oxygen atoms in total. The molecule has 0 radical (unpaired) electrons. The molecule has 1 aromatic heterocycles. The van der Waals surface area contributed by atoms with Crippen LogP contribution in [-0.4, -0.2) is 83.2 Å². The summed E-state index contributed by atoms with van der Waals surface area (Å²) in [6, 6.07) is 3.21. The number of amides is 4. The fourth-order valence-electron chi connectivity index (χ4n) is 6.37. The average Bonchev–Trinajstić information content (AvgIpc) is 3.90. The lowest BCUT2D eigenvalue weighted by Gasteiger charge is -2.30. The number of rotatable bonds is 6. The van der Waals surface area contributed by atoms with E-state index in [9.17, 15) is 27.6 Å². The summed E-state index contributed by atoms with van der Waals surface area (Å²) in [5.74, 6) is -2.29. The molecule has 5 atom stereocenters. The molecule has 2 aliphatic heterocycles. The van der Waals surface area contributed by atoms with Gasteiger partial charge in [0.05, 0.1) is 22.0 Å². The Bertz CT molecular complexity index is 1770. The van der Waals surface area contributed by atoms with Crippen LogP contribution in [0.4, 0.5) is 4.79 Å². The molecule has 2 aliphatic carbocycles. The lowest BCUT2D eigenvalue weighted by molar-refractivity contribution is -0.141. The Morgan fingerprint density at radius 3 is 2.65 bits per heavy atom. The second-order valence-corrected chi connectivity index (χ2v) is 17.7. The predicted octanol–water partition coefficient (Wildman–Crippen LogP) is 4.19. The standard InChI is InChI=1S/C33H42ClN5O8S2/c1-32(2,3)47-30(43)35-24-10-8-6-4-5-7-9-19-17-33(19,29(42)38-49(44,45)22-12-13-22)37-27(40)25-16-21(18-39(25)28(24)41)46-31-36-23-14-11-20(34)15-26(23)48-31/h7,9,11,14-15,19,21-22,24-25H,4-6,8,10,12-13,16-18H2,1-3H3,(H,35,43)(H,37,40)(H,38,42)/t19-,21-,24+,25+,33-/m1/s1. The van der Waals surface area contributed by atoms with Crippen molar-refractivity contribution in [1.82, 2.24) is 25.2 Å². The number of fused-ring (bicyclic) bond motifs is 3. The number of thiazole rings is 1. The van der Waals surface area contributed by atoms with E-state index in [-0.39, 0.29) is 19.4 Å². The third-order valence-electron chi connectivity index (χ3n) is 9.13. The van der Waals surface area contributed by atoms with Crippen molar-refractivity contribution in [2.75, 3.05) is 6.54 Å². The molecule has 4 amide bonds. The molecule has 2 aromatic rings. The number of nitrogens with zero attached hydrogens (tertiary/aromatic N) is 2. The number of alkyl carbamates (subject to hydrolysis) is 1. The normalized spacial score (nSPS) is 28.0. The lowest BCUT2D eigenvalue weighted by Crippen LogP contribution is -2.58. The topological polar surface area (TPSA) is 173 Å². The third-order valence-corrected chi connectivity index (χ3v) is 12.1. The van der Waals surface area contributed by atoms with Gasteiger partial charge in [-0.1, -0.05) is 47.9 Å². The zero-order chi connectivity index (χ0) is 35.1. The van der Waals surface area contributed by atoms with E-state index < -0.39 is 74.3 Å². The molecule has 6 rings (SSSR count). The largest absolute Gasteiger partial charge is 0.465 e. The van der Waals surface area contributed by atoms with Crippen LogP contribution in [-0.2, 0) is 29.1 Å². The summed E-state index contributed by atoms with van der Waals surface area (Å²) in [4.78, 5) is 60.8. The molecule has 0 spiro atoms. The molecule has 3 N–H and O–H groups in total. The van der Waals surface area contributed by atoms with Gasteiger partial charge >= 0.3 is 6.09 Å². The van der Waals surface area contributed by atoms with E-state index in [0.29, 0.717) is 47.8 Å². The number of aromatic nitrogens is 1. The van der Waals surface area contributed by atoms with E-state index in [2.05, 4.69) is 20.3 Å². The maximum Gasteiger partial charge on any atom is 0.408 e. The van der Waals surface area contributed by atoms with Crippen LogP contribution in [0.25, 0.3) is 10.2 Å². The number of allylic oxidation sites excluding steroid dienone is 1. The fraction of sp³-hybridized carbons (Fsp3) is 0.606. The zero-order valence-corrected chi connectivity index (χ0v) is 30.1. The van der Waals surface area contributed by atoms with E-state index in [1.54, 1.807) is 39.0 Å². The fourth-order valence-corrected chi connectivity index (χ4v) is 8.89. The van der Waals surface area contributed by atoms with Crippen molar-refractivity contribution in [2.45, 2.75) is 113 Å². The van der Waals surface area contributed by atoms with Crippen molar-refractivity contribution in [1.29, 1.82) is 0 Å². The second kappa shape index (κ2) is 13.7. The van der Waals surface area contributed by atoms with Gasteiger partial charge in [-0.2, -0.15) is 0 Å². The smallest absolute Gasteiger partial charge is 0.408 e. The maximum absolute atomic E-state index is 14.3. The van der Waals surface area contributed by atoms with Crippen molar-refractivity contribution in [2.24, 2.45) is 5.92 Å². The highest BCUT2D eigenvalue weighted by Gasteiger charge is 2.62. The van der Waals surface area contributed by atoms with Gasteiger partial charge in [-0.25, -0.2) is 18.2 Å². The van der Waals surface area contributed by atoms with Gasteiger partial charge in [0, 0.05) is 17.4 Å². The molecule has 4 aliphatic rings. The van der Waals surface area contributed by atoms with E-state index in [4.69, 9.17) is 21.1 Å². The molecule has 266 valence electrons. The van der Waals surface area contributed by atoms with Crippen LogP contribution in [0.15, 0.2) is 30.4 Å². The summed E-state index contributed by atoms with van der Waals surface area (Å²) >= 11 is 7.44. The van der Waals surface area contributed by atoms with Crippen molar-refractivity contribution < 1.29 is 37.1 Å². The van der Waals surface area contributed by atoms with Crippen molar-refractivity contribution >= 4 is 67.0 Å². The minimum atomic E-state index is -3.87. The van der Waals surface area contributed by atoms with E-state index >= 15 is 0 Å². The number of carbonyl (C=O) groups excluding carboxylic acids is 4. The lowest BCUT2D eigenvalue weighted by atomic mass is 10.0. The number of hydrogen-bond acceptors (Lipinski definition) is 10. The third kappa shape index (κ3) is 8.31. The second-order valence-electron chi connectivity index (χ2n) is 14.3. The number of halogens is 1. The summed E-state index contributed by atoms with van der Waals surface area (Å²) in [6.45, 7) is 5.19. The van der Waals surface area contributed by atoms with Gasteiger partial charge in [-0.3, -0.25) is 19.1 Å².